The molecule has 4 atom stereocenters. The summed E-state index contributed by atoms with van der Waals surface area (Å²) in [5.41, 5.74) is 4.46. The molecule has 0 amide bonds. The maximum Gasteiger partial charge on any atom is 0.263 e. The Hall–Kier alpha value is -4.00. The molecule has 4 heterocycles. The first-order chi connectivity index (χ1) is 28.9. The van der Waals surface area contributed by atoms with Gasteiger partial charge in [-0.25, -0.2) is 26.8 Å². The monoisotopic (exact) mass is 924 g/mol. The third-order valence-corrected chi connectivity index (χ3v) is 15.8. The number of piperidine rings is 2. The van der Waals surface area contributed by atoms with Gasteiger partial charge in [0.15, 0.2) is 0 Å². The van der Waals surface area contributed by atoms with E-state index in [9.17, 15) is 16.8 Å². The minimum absolute atomic E-state index is 0.0656. The Kier molecular flexibility index (Phi) is 14.5. The first kappa shape index (κ1) is 44.1. The van der Waals surface area contributed by atoms with E-state index in [4.69, 9.17) is 23.2 Å². The number of rotatable bonds is 12. The van der Waals surface area contributed by atoms with Gasteiger partial charge in [-0.3, -0.25) is 19.2 Å². The summed E-state index contributed by atoms with van der Waals surface area (Å²) in [6, 6.07) is 31.7. The number of sulfonamides is 2. The number of nitrogens with one attached hydrogen (secondary N) is 2. The van der Waals surface area contributed by atoms with Crippen LogP contribution in [-0.2, 0) is 20.0 Å². The van der Waals surface area contributed by atoms with E-state index in [2.05, 4.69) is 100 Å². The summed E-state index contributed by atoms with van der Waals surface area (Å²) in [7, 11) is -7.53. The van der Waals surface area contributed by atoms with Crippen molar-refractivity contribution in [1.82, 2.24) is 28.5 Å². The van der Waals surface area contributed by atoms with Crippen molar-refractivity contribution in [2.45, 2.75) is 86.3 Å². The van der Waals surface area contributed by atoms with E-state index >= 15 is 0 Å². The zero-order valence-electron chi connectivity index (χ0n) is 33.1. The van der Waals surface area contributed by atoms with Gasteiger partial charge < -0.3 is 0 Å². The van der Waals surface area contributed by atoms with Crippen molar-refractivity contribution in [2.24, 2.45) is 0 Å². The van der Waals surface area contributed by atoms with Gasteiger partial charge in [0.05, 0.1) is 9.79 Å². The average Bonchev–Trinajstić information content (AvgIpc) is 3.98. The van der Waals surface area contributed by atoms with Crippen molar-refractivity contribution in [3.8, 4) is 0 Å². The van der Waals surface area contributed by atoms with Crippen LogP contribution in [0.15, 0.2) is 120 Å². The summed E-state index contributed by atoms with van der Waals surface area (Å²) in [5.74, 6) is 0. The van der Waals surface area contributed by atoms with Gasteiger partial charge in [-0.1, -0.05) is 109 Å². The SMILES string of the molecule is C[C@@H](c1ccc(S(=O)(=O)Nc2ncns2)cc1Cl)N1CCCC[C@@H]1c1ccccc1.C[C@H](c1ccc(S(=O)(=O)Nc2ncns2)cc1Cl)N1CCCC[C@@H]1c1ccccc1. The summed E-state index contributed by atoms with van der Waals surface area (Å²) in [5, 5.41) is 1.34. The molecule has 60 heavy (non-hydrogen) atoms. The predicted octanol–water partition coefficient (Wildman–Crippen LogP) is 10.6. The van der Waals surface area contributed by atoms with E-state index in [-0.39, 0.29) is 32.1 Å². The molecule has 4 aromatic carbocycles. The summed E-state index contributed by atoms with van der Waals surface area (Å²) in [4.78, 5) is 12.9. The fraction of sp³-hybridized carbons (Fsp3) is 0.333. The number of nitrogens with zero attached hydrogens (tertiary/aromatic N) is 6. The van der Waals surface area contributed by atoms with Gasteiger partial charge in [0.1, 0.15) is 12.7 Å². The number of hydrogen-bond acceptors (Lipinski definition) is 12. The smallest absolute Gasteiger partial charge is 0.263 e. The first-order valence-corrected chi connectivity index (χ1v) is 25.0. The molecule has 8 rings (SSSR count). The van der Waals surface area contributed by atoms with Gasteiger partial charge in [0, 0.05) is 57.3 Å². The van der Waals surface area contributed by atoms with Crippen LogP contribution in [0.1, 0.15) is 98.8 Å². The van der Waals surface area contributed by atoms with Crippen molar-refractivity contribution in [1.29, 1.82) is 0 Å². The third-order valence-electron chi connectivity index (χ3n) is 11.1. The molecule has 6 aromatic rings. The Morgan fingerprint density at radius 3 is 1.35 bits per heavy atom. The van der Waals surface area contributed by atoms with Crippen LogP contribution in [0.2, 0.25) is 10.0 Å². The zero-order chi connectivity index (χ0) is 42.3. The number of hydrogen-bond donors (Lipinski definition) is 2. The molecular formula is C42H46Cl2N8O4S4. The van der Waals surface area contributed by atoms with Crippen LogP contribution in [0.25, 0.3) is 0 Å². The molecular weight excluding hydrogens is 880 g/mol. The molecule has 0 radical (unpaired) electrons. The predicted molar refractivity (Wildman–Crippen MR) is 241 cm³/mol. The molecule has 0 saturated carbocycles. The zero-order valence-corrected chi connectivity index (χ0v) is 37.8. The maximum atomic E-state index is 12.6. The molecule has 316 valence electrons. The molecule has 2 aliphatic rings. The summed E-state index contributed by atoms with van der Waals surface area (Å²) >= 11 is 15.1. The van der Waals surface area contributed by atoms with E-state index < -0.39 is 20.0 Å². The molecule has 2 N–H and O–H groups in total. The van der Waals surface area contributed by atoms with Crippen LogP contribution in [0, 0.1) is 0 Å². The van der Waals surface area contributed by atoms with E-state index in [0.717, 1.165) is 73.0 Å². The van der Waals surface area contributed by atoms with Gasteiger partial charge >= 0.3 is 0 Å². The van der Waals surface area contributed by atoms with Gasteiger partial charge in [-0.05, 0) is 99.1 Å². The van der Waals surface area contributed by atoms with Crippen molar-refractivity contribution in [2.75, 3.05) is 22.5 Å². The van der Waals surface area contributed by atoms with Gasteiger partial charge in [-0.15, -0.1) is 0 Å². The Balaban J connectivity index is 0.000000181. The molecule has 0 bridgehead atoms. The van der Waals surface area contributed by atoms with E-state index in [0.29, 0.717) is 22.1 Å². The van der Waals surface area contributed by atoms with Crippen molar-refractivity contribution >= 4 is 76.6 Å². The Morgan fingerprint density at radius 2 is 1.00 bits per heavy atom. The topological polar surface area (TPSA) is 150 Å². The van der Waals surface area contributed by atoms with Crippen LogP contribution in [0.4, 0.5) is 10.3 Å². The Bertz CT molecular complexity index is 2360. The second-order valence-electron chi connectivity index (χ2n) is 14.7. The molecule has 2 aliphatic heterocycles. The van der Waals surface area contributed by atoms with E-state index in [1.54, 1.807) is 12.1 Å². The highest BCUT2D eigenvalue weighted by atomic mass is 35.5. The van der Waals surface area contributed by atoms with Crippen molar-refractivity contribution < 1.29 is 16.8 Å². The molecule has 0 spiro atoms. The molecule has 12 nitrogen and oxygen atoms in total. The highest BCUT2D eigenvalue weighted by Gasteiger charge is 2.31. The molecule has 2 aromatic heterocycles. The lowest BCUT2D eigenvalue weighted by Crippen LogP contribution is -2.35. The summed E-state index contributed by atoms with van der Waals surface area (Å²) in [6.45, 7) is 6.23. The fourth-order valence-corrected chi connectivity index (χ4v) is 12.3. The van der Waals surface area contributed by atoms with Crippen LogP contribution in [0.5, 0.6) is 0 Å². The first-order valence-electron chi connectivity index (χ1n) is 19.7. The van der Waals surface area contributed by atoms with Crippen molar-refractivity contribution in [3.05, 3.63) is 142 Å². The largest absolute Gasteiger partial charge is 0.290 e. The second kappa shape index (κ2) is 19.8. The summed E-state index contributed by atoms with van der Waals surface area (Å²) in [6.07, 6.45) is 9.50. The minimum Gasteiger partial charge on any atom is -0.290 e. The second-order valence-corrected chi connectivity index (χ2v) is 20.5. The normalized spacial score (nSPS) is 18.8. The molecule has 0 unspecified atom stereocenters. The number of halogens is 2. The number of benzene rings is 4. The fourth-order valence-electron chi connectivity index (χ4n) is 8.07. The number of anilines is 2. The molecule has 2 fully saturated rings. The van der Waals surface area contributed by atoms with Crippen LogP contribution < -0.4 is 9.44 Å². The molecule has 0 aliphatic carbocycles. The van der Waals surface area contributed by atoms with Crippen LogP contribution >= 0.6 is 46.3 Å². The Morgan fingerprint density at radius 1 is 0.600 bits per heavy atom. The lowest BCUT2D eigenvalue weighted by molar-refractivity contribution is 0.103. The molecule has 2 saturated heterocycles. The van der Waals surface area contributed by atoms with E-state index in [1.807, 2.05) is 24.3 Å². The standard InChI is InChI=1S/2C21H23ClN4O2S2/c2*1-15(26-12-6-5-9-20(26)16-7-3-2-4-8-16)18-11-10-17(13-19(18)22)30(27,28)25-21-23-14-24-29-21/h2*2-4,7-8,10-11,13-15,20H,5-6,9,12H2,1H3,(H,23,24,25)/t15-,20+;15-,20-/m01/s1. The average molecular weight is 926 g/mol. The maximum absolute atomic E-state index is 12.6. The van der Waals surface area contributed by atoms with Crippen molar-refractivity contribution in [3.63, 3.8) is 0 Å². The Labute approximate surface area is 370 Å². The van der Waals surface area contributed by atoms with Gasteiger partial charge in [0.2, 0.25) is 10.3 Å². The highest BCUT2D eigenvalue weighted by molar-refractivity contribution is 7.93. The van der Waals surface area contributed by atoms with Gasteiger partial charge in [0.25, 0.3) is 20.0 Å². The highest BCUT2D eigenvalue weighted by Crippen LogP contribution is 2.41. The number of aromatic nitrogens is 4. The molecule has 18 heteroatoms. The third kappa shape index (κ3) is 10.5. The van der Waals surface area contributed by atoms with E-state index in [1.165, 1.54) is 48.8 Å². The lowest BCUT2D eigenvalue weighted by Gasteiger charge is -2.40. The summed E-state index contributed by atoms with van der Waals surface area (Å²) < 4.78 is 63.0. The quantitative estimate of drug-likeness (QED) is 0.121. The van der Waals surface area contributed by atoms with Crippen LogP contribution in [0.3, 0.4) is 0 Å². The van der Waals surface area contributed by atoms with Gasteiger partial charge in [-0.2, -0.15) is 8.75 Å². The minimum atomic E-state index is -3.77. The lowest BCUT2D eigenvalue weighted by atomic mass is 9.92. The number of likely N-dealkylation sites (tertiary alicyclic amines) is 2. The van der Waals surface area contributed by atoms with Crippen LogP contribution in [-0.4, -0.2) is 58.4 Å².